The maximum absolute atomic E-state index is 14.1. The van der Waals surface area contributed by atoms with E-state index in [1.165, 1.54) is 23.8 Å². The molecule has 1 unspecified atom stereocenters. The summed E-state index contributed by atoms with van der Waals surface area (Å²) in [6, 6.07) is 2.90. The lowest BCUT2D eigenvalue weighted by Gasteiger charge is -2.44. The van der Waals surface area contributed by atoms with Gasteiger partial charge >= 0.3 is 6.16 Å². The van der Waals surface area contributed by atoms with Gasteiger partial charge in [0.2, 0.25) is 11.7 Å². The number of halogens is 2. The number of nitrogens with zero attached hydrogens (tertiary/aromatic N) is 1. The fraction of sp³-hybridized carbons (Fsp3) is 0.481. The van der Waals surface area contributed by atoms with Crippen molar-refractivity contribution in [1.82, 2.24) is 9.88 Å². The number of pyridine rings is 1. The number of hydrogen-bond acceptors (Lipinski definition) is 8. The van der Waals surface area contributed by atoms with E-state index in [2.05, 4.69) is 5.32 Å². The Morgan fingerprint density at radius 2 is 1.95 bits per heavy atom. The van der Waals surface area contributed by atoms with Crippen LogP contribution in [0.3, 0.4) is 0 Å². The minimum atomic E-state index is -1.35. The van der Waals surface area contributed by atoms with Crippen LogP contribution in [0, 0.1) is 17.0 Å². The molecule has 210 valence electrons. The number of amides is 1. The smallest absolute Gasteiger partial charge is 0.448 e. The van der Waals surface area contributed by atoms with Crippen molar-refractivity contribution in [2.24, 2.45) is 5.41 Å². The molecule has 39 heavy (non-hydrogen) atoms. The molecule has 1 aromatic carbocycles. The number of Topliss-reactive ketones (excluding diaryl/α,β-unsaturated/α-hetero) is 1. The normalized spacial score (nSPS) is 21.0. The third-order valence-electron chi connectivity index (χ3n) is 6.78. The highest BCUT2D eigenvalue weighted by atomic mass is 19.1. The van der Waals surface area contributed by atoms with Gasteiger partial charge in [0.05, 0.1) is 24.2 Å². The van der Waals surface area contributed by atoms with E-state index in [4.69, 9.17) is 18.9 Å². The first-order chi connectivity index (χ1) is 18.4. The summed E-state index contributed by atoms with van der Waals surface area (Å²) in [6.07, 6.45) is -0.939. The molecule has 10 nitrogen and oxygen atoms in total. The first-order valence-electron chi connectivity index (χ1n) is 12.6. The van der Waals surface area contributed by atoms with E-state index in [9.17, 15) is 28.0 Å². The summed E-state index contributed by atoms with van der Waals surface area (Å²) < 4.78 is 50.2. The minimum absolute atomic E-state index is 0.00604. The predicted molar refractivity (Wildman–Crippen MR) is 132 cm³/mol. The minimum Gasteiger partial charge on any atom is -0.448 e. The van der Waals surface area contributed by atoms with Crippen molar-refractivity contribution >= 4 is 17.8 Å². The maximum atomic E-state index is 14.1. The predicted octanol–water partition coefficient (Wildman–Crippen LogP) is 3.72. The third-order valence-corrected chi connectivity index (χ3v) is 6.78. The number of rotatable bonds is 7. The molecule has 3 atom stereocenters. The van der Waals surface area contributed by atoms with Gasteiger partial charge in [0.1, 0.15) is 22.9 Å². The summed E-state index contributed by atoms with van der Waals surface area (Å²) in [5.41, 5.74) is -2.30. The Morgan fingerprint density at radius 3 is 2.64 bits per heavy atom. The van der Waals surface area contributed by atoms with Gasteiger partial charge in [0.15, 0.2) is 11.5 Å². The number of benzene rings is 1. The number of ether oxygens (including phenoxy) is 4. The second-order valence-electron chi connectivity index (χ2n) is 10.0. The van der Waals surface area contributed by atoms with Gasteiger partial charge in [0, 0.05) is 37.9 Å². The van der Waals surface area contributed by atoms with Crippen LogP contribution in [0.5, 0.6) is 5.75 Å². The first kappa shape index (κ1) is 28.2. The first-order valence-corrected chi connectivity index (χ1v) is 12.6. The summed E-state index contributed by atoms with van der Waals surface area (Å²) >= 11 is 0. The van der Waals surface area contributed by atoms with Crippen LogP contribution < -0.4 is 15.5 Å². The van der Waals surface area contributed by atoms with E-state index in [-0.39, 0.29) is 29.9 Å². The molecular weight excluding hydrogens is 518 g/mol. The molecule has 0 aliphatic carbocycles. The van der Waals surface area contributed by atoms with Crippen molar-refractivity contribution in [3.63, 3.8) is 0 Å². The number of nitrogens with one attached hydrogen (secondary N) is 1. The largest absolute Gasteiger partial charge is 0.511 e. The summed E-state index contributed by atoms with van der Waals surface area (Å²) in [5.74, 6) is -3.37. The molecule has 2 aliphatic rings. The van der Waals surface area contributed by atoms with Gasteiger partial charge in [-0.05, 0) is 39.7 Å². The van der Waals surface area contributed by atoms with Crippen molar-refractivity contribution in [1.29, 1.82) is 0 Å². The van der Waals surface area contributed by atoms with Crippen LogP contribution >= 0.6 is 0 Å². The van der Waals surface area contributed by atoms with Crippen LogP contribution in [0.15, 0.2) is 29.2 Å². The molecule has 2 aliphatic heterocycles. The van der Waals surface area contributed by atoms with Gasteiger partial charge in [-0.15, -0.1) is 0 Å². The highest BCUT2D eigenvalue weighted by molar-refractivity contribution is 6.03. The monoisotopic (exact) mass is 548 g/mol. The van der Waals surface area contributed by atoms with Gasteiger partial charge < -0.3 is 28.8 Å². The lowest BCUT2D eigenvalue weighted by atomic mass is 9.71. The fourth-order valence-electron chi connectivity index (χ4n) is 4.74. The number of carbonyl (C=O) groups is 3. The highest BCUT2D eigenvalue weighted by Crippen LogP contribution is 2.43. The molecule has 1 fully saturated rings. The lowest BCUT2D eigenvalue weighted by Crippen LogP contribution is -2.52. The molecule has 0 radical (unpaired) electrons. The summed E-state index contributed by atoms with van der Waals surface area (Å²) in [7, 11) is 0. The molecule has 1 saturated heterocycles. The molecule has 1 amide bonds. The Bertz CT molecular complexity index is 1360. The van der Waals surface area contributed by atoms with Crippen LogP contribution in [-0.2, 0) is 27.3 Å². The second-order valence-corrected chi connectivity index (χ2v) is 10.0. The zero-order valence-corrected chi connectivity index (χ0v) is 22.0. The van der Waals surface area contributed by atoms with Gasteiger partial charge in [-0.1, -0.05) is 6.07 Å². The molecule has 2 aromatic rings. The van der Waals surface area contributed by atoms with E-state index in [1.807, 2.05) is 0 Å². The molecule has 0 saturated carbocycles. The molecule has 1 aromatic heterocycles. The van der Waals surface area contributed by atoms with E-state index >= 15 is 0 Å². The Morgan fingerprint density at radius 1 is 1.21 bits per heavy atom. The van der Waals surface area contributed by atoms with Crippen LogP contribution in [0.25, 0.3) is 0 Å². The average Bonchev–Trinajstić information content (AvgIpc) is 2.85. The molecule has 0 bridgehead atoms. The standard InChI is InChI=1S/C27H30F2N2O8/c1-14(2)37-26(35)39-15(3)38-23-21-24(33)27(4)8-5-9-36-20(27)13-31(21)12-18(22(23)32)25(34)30-11-16-6-7-17(28)10-19(16)29/h6-7,10,12,14-15,20H,5,8-9,11,13H2,1-4H3,(H,30,34)/t15?,20-,27-/m0/s1. The molecular formula is C27H30F2N2O8. The second kappa shape index (κ2) is 11.1. The van der Waals surface area contributed by atoms with E-state index < -0.39 is 64.6 Å². The van der Waals surface area contributed by atoms with Crippen molar-refractivity contribution in [3.8, 4) is 5.75 Å². The third kappa shape index (κ3) is 5.80. The van der Waals surface area contributed by atoms with Crippen molar-refractivity contribution in [2.45, 2.75) is 72.1 Å². The van der Waals surface area contributed by atoms with Crippen LogP contribution in [0.1, 0.15) is 66.9 Å². The number of hydrogen-bond donors (Lipinski definition) is 1. The summed E-state index contributed by atoms with van der Waals surface area (Å²) in [6.45, 7) is 6.64. The Balaban J connectivity index is 1.70. The number of ketones is 1. The number of carbonyl (C=O) groups excluding carboxylic acids is 3. The SMILES string of the molecule is CC(C)OC(=O)OC(C)Oc1c2n(cc(C(=O)NCc3ccc(F)cc3F)c1=O)C[C@@H]1OCCC[C@]1(C)C2=O. The van der Waals surface area contributed by atoms with E-state index in [1.54, 1.807) is 20.8 Å². The van der Waals surface area contributed by atoms with Gasteiger partial charge in [-0.2, -0.15) is 0 Å². The molecule has 0 spiro atoms. The van der Waals surface area contributed by atoms with E-state index in [0.29, 0.717) is 25.5 Å². The lowest BCUT2D eigenvalue weighted by molar-refractivity contribution is -0.0763. The number of fused-ring (bicyclic) bond motifs is 2. The van der Waals surface area contributed by atoms with Crippen LogP contribution in [0.4, 0.5) is 13.6 Å². The molecule has 1 N–H and O–H groups in total. The zero-order chi connectivity index (χ0) is 28.5. The molecule has 12 heteroatoms. The van der Waals surface area contributed by atoms with E-state index in [0.717, 1.165) is 6.07 Å². The average molecular weight is 549 g/mol. The Kier molecular flexibility index (Phi) is 8.05. The van der Waals surface area contributed by atoms with Gasteiger partial charge in [0.25, 0.3) is 5.91 Å². The quantitative estimate of drug-likeness (QED) is 0.410. The van der Waals surface area contributed by atoms with Crippen molar-refractivity contribution < 1.29 is 42.1 Å². The summed E-state index contributed by atoms with van der Waals surface area (Å²) in [4.78, 5) is 52.3. The zero-order valence-electron chi connectivity index (χ0n) is 22.0. The molecule has 3 heterocycles. The van der Waals surface area contributed by atoms with Gasteiger partial charge in [-0.25, -0.2) is 13.6 Å². The Hall–Kier alpha value is -3.80. The highest BCUT2D eigenvalue weighted by Gasteiger charge is 2.50. The topological polar surface area (TPSA) is 122 Å². The maximum Gasteiger partial charge on any atom is 0.511 e. The molecule has 4 rings (SSSR count). The van der Waals surface area contributed by atoms with Crippen LogP contribution in [0.2, 0.25) is 0 Å². The number of aromatic nitrogens is 1. The van der Waals surface area contributed by atoms with Gasteiger partial charge in [-0.3, -0.25) is 14.4 Å². The fourth-order valence-corrected chi connectivity index (χ4v) is 4.74. The summed E-state index contributed by atoms with van der Waals surface area (Å²) in [5, 5.41) is 2.44. The van der Waals surface area contributed by atoms with Crippen molar-refractivity contribution in [3.05, 3.63) is 63.1 Å². The van der Waals surface area contributed by atoms with Crippen LogP contribution in [-0.4, -0.2) is 47.5 Å². The van der Waals surface area contributed by atoms with Crippen molar-refractivity contribution in [2.75, 3.05) is 6.61 Å². The Labute approximate surface area is 223 Å².